The number of halogens is 2. The number of hydrogen-bond acceptors (Lipinski definition) is 2. The van der Waals surface area contributed by atoms with Gasteiger partial charge in [0.25, 0.3) is 0 Å². The van der Waals surface area contributed by atoms with E-state index in [1.807, 2.05) is 0 Å². The summed E-state index contributed by atoms with van der Waals surface area (Å²) in [7, 11) is 2.07. The summed E-state index contributed by atoms with van der Waals surface area (Å²) < 4.78 is 0. The smallest absolute Gasteiger partial charge is 0.170 e. The number of Topliss-reactive ketones (excluding diaryl/α,β-unsaturated/α-hetero) is 1. The molecule has 0 bridgehead atoms. The average molecular weight is 300 g/mol. The van der Waals surface area contributed by atoms with Crippen LogP contribution in [0, 0.1) is 5.41 Å². The van der Waals surface area contributed by atoms with E-state index in [1.54, 1.807) is 18.2 Å². The Bertz CT molecular complexity index is 485. The third kappa shape index (κ3) is 2.96. The van der Waals surface area contributed by atoms with Crippen LogP contribution in [0.5, 0.6) is 0 Å². The van der Waals surface area contributed by atoms with E-state index in [9.17, 15) is 4.79 Å². The first kappa shape index (κ1) is 14.8. The molecule has 1 aromatic carbocycles. The van der Waals surface area contributed by atoms with Crippen LogP contribution in [0.15, 0.2) is 18.2 Å². The monoisotopic (exact) mass is 299 g/mol. The van der Waals surface area contributed by atoms with Gasteiger partial charge in [-0.3, -0.25) is 4.79 Å². The van der Waals surface area contributed by atoms with E-state index < -0.39 is 0 Å². The highest BCUT2D eigenvalue weighted by Crippen LogP contribution is 2.38. The molecule has 1 aliphatic heterocycles. The van der Waals surface area contributed by atoms with Gasteiger partial charge in [-0.2, -0.15) is 0 Å². The molecule has 1 aliphatic rings. The van der Waals surface area contributed by atoms with Gasteiger partial charge in [0.05, 0.1) is 10.0 Å². The van der Waals surface area contributed by atoms with Crippen molar-refractivity contribution in [3.63, 3.8) is 0 Å². The second kappa shape index (κ2) is 5.82. The van der Waals surface area contributed by atoms with E-state index in [1.165, 1.54) is 0 Å². The maximum atomic E-state index is 12.8. The molecule has 2 rings (SSSR count). The van der Waals surface area contributed by atoms with Crippen molar-refractivity contribution < 1.29 is 4.79 Å². The number of likely N-dealkylation sites (tertiary alicyclic amines) is 1. The minimum absolute atomic E-state index is 0.206. The molecule has 1 atom stereocenters. The molecule has 0 aliphatic carbocycles. The number of carbonyl (C=O) groups is 1. The van der Waals surface area contributed by atoms with Crippen molar-refractivity contribution in [2.24, 2.45) is 5.41 Å². The lowest BCUT2D eigenvalue weighted by molar-refractivity contribution is 0.0787. The van der Waals surface area contributed by atoms with Crippen LogP contribution in [0.3, 0.4) is 0 Å². The van der Waals surface area contributed by atoms with E-state index >= 15 is 0 Å². The van der Waals surface area contributed by atoms with Crippen LogP contribution in [0.25, 0.3) is 0 Å². The van der Waals surface area contributed by atoms with Gasteiger partial charge in [0.2, 0.25) is 0 Å². The molecule has 2 nitrogen and oxygen atoms in total. The Morgan fingerprint density at radius 2 is 2.11 bits per heavy atom. The van der Waals surface area contributed by atoms with Gasteiger partial charge in [0, 0.05) is 17.5 Å². The zero-order valence-electron chi connectivity index (χ0n) is 11.4. The van der Waals surface area contributed by atoms with E-state index in [0.717, 1.165) is 32.4 Å². The van der Waals surface area contributed by atoms with Crippen LogP contribution in [-0.4, -0.2) is 30.8 Å². The van der Waals surface area contributed by atoms with Crippen molar-refractivity contribution in [2.75, 3.05) is 20.1 Å². The molecule has 4 heteroatoms. The van der Waals surface area contributed by atoms with Gasteiger partial charge >= 0.3 is 0 Å². The fourth-order valence-electron chi connectivity index (χ4n) is 3.00. The quantitative estimate of drug-likeness (QED) is 0.773. The molecule has 0 aromatic heterocycles. The molecule has 1 heterocycles. The fraction of sp³-hybridized carbons (Fsp3) is 0.533. The largest absolute Gasteiger partial charge is 0.305 e. The highest BCUT2D eigenvalue weighted by Gasteiger charge is 2.42. The van der Waals surface area contributed by atoms with E-state index in [4.69, 9.17) is 23.2 Å². The Hall–Kier alpha value is -0.570. The third-order valence-corrected chi connectivity index (χ3v) is 4.68. The SMILES string of the molecule is CCC[C@]1(C(=O)c2ccc(Cl)c(Cl)c2)CCN(C)C1. The van der Waals surface area contributed by atoms with E-state index in [0.29, 0.717) is 15.6 Å². The predicted octanol–water partition coefficient (Wildman–Crippen LogP) is 4.30. The summed E-state index contributed by atoms with van der Waals surface area (Å²) in [6, 6.07) is 5.18. The van der Waals surface area contributed by atoms with Gasteiger partial charge in [0.1, 0.15) is 0 Å². The molecule has 104 valence electrons. The van der Waals surface area contributed by atoms with Crippen molar-refractivity contribution in [1.82, 2.24) is 4.90 Å². The summed E-state index contributed by atoms with van der Waals surface area (Å²) >= 11 is 11.9. The van der Waals surface area contributed by atoms with Gasteiger partial charge in [-0.25, -0.2) is 0 Å². The van der Waals surface area contributed by atoms with Crippen LogP contribution >= 0.6 is 23.2 Å². The number of carbonyl (C=O) groups excluding carboxylic acids is 1. The third-order valence-electron chi connectivity index (χ3n) is 3.94. The van der Waals surface area contributed by atoms with Crippen molar-refractivity contribution in [3.8, 4) is 0 Å². The lowest BCUT2D eigenvalue weighted by Crippen LogP contribution is -2.34. The van der Waals surface area contributed by atoms with Crippen LogP contribution < -0.4 is 0 Å². The molecule has 0 amide bonds. The van der Waals surface area contributed by atoms with Crippen molar-refractivity contribution >= 4 is 29.0 Å². The topological polar surface area (TPSA) is 20.3 Å². The molecule has 1 saturated heterocycles. The number of hydrogen-bond donors (Lipinski definition) is 0. The maximum Gasteiger partial charge on any atom is 0.170 e. The maximum absolute atomic E-state index is 12.8. The minimum Gasteiger partial charge on any atom is -0.305 e. The number of nitrogens with zero attached hydrogens (tertiary/aromatic N) is 1. The van der Waals surface area contributed by atoms with E-state index in [2.05, 4.69) is 18.9 Å². The molecule has 0 saturated carbocycles. The van der Waals surface area contributed by atoms with Crippen LogP contribution in [-0.2, 0) is 0 Å². The minimum atomic E-state index is -0.249. The molecule has 0 spiro atoms. The summed E-state index contributed by atoms with van der Waals surface area (Å²) in [5.41, 5.74) is 0.429. The average Bonchev–Trinajstić information content (AvgIpc) is 2.75. The Morgan fingerprint density at radius 1 is 1.37 bits per heavy atom. The lowest BCUT2D eigenvalue weighted by Gasteiger charge is -2.27. The summed E-state index contributed by atoms with van der Waals surface area (Å²) in [4.78, 5) is 15.1. The number of rotatable bonds is 4. The first-order valence-electron chi connectivity index (χ1n) is 6.67. The van der Waals surface area contributed by atoms with Gasteiger partial charge in [0.15, 0.2) is 5.78 Å². The standard InChI is InChI=1S/C15H19Cl2NO/c1-3-6-15(7-8-18(2)10-15)14(19)11-4-5-12(16)13(17)9-11/h4-5,9H,3,6-8,10H2,1-2H3/t15-/m0/s1. The van der Waals surface area contributed by atoms with Gasteiger partial charge in [-0.1, -0.05) is 36.5 Å². The highest BCUT2D eigenvalue weighted by molar-refractivity contribution is 6.42. The van der Waals surface area contributed by atoms with Crippen LogP contribution in [0.4, 0.5) is 0 Å². The Labute approximate surface area is 124 Å². The summed E-state index contributed by atoms with van der Waals surface area (Å²) in [5, 5.41) is 0.941. The second-order valence-corrected chi connectivity index (χ2v) is 6.29. The predicted molar refractivity (Wildman–Crippen MR) is 80.2 cm³/mol. The Morgan fingerprint density at radius 3 is 2.63 bits per heavy atom. The molecule has 0 radical (unpaired) electrons. The molecule has 19 heavy (non-hydrogen) atoms. The molecular formula is C15H19Cl2NO. The molecule has 1 fully saturated rings. The first-order chi connectivity index (χ1) is 8.98. The van der Waals surface area contributed by atoms with Crippen LogP contribution in [0.2, 0.25) is 10.0 Å². The van der Waals surface area contributed by atoms with E-state index in [-0.39, 0.29) is 11.2 Å². The van der Waals surface area contributed by atoms with Gasteiger partial charge < -0.3 is 4.90 Å². The lowest BCUT2D eigenvalue weighted by atomic mass is 9.76. The zero-order valence-corrected chi connectivity index (χ0v) is 12.9. The van der Waals surface area contributed by atoms with Gasteiger partial charge in [-0.15, -0.1) is 0 Å². The normalized spacial score (nSPS) is 23.8. The summed E-state index contributed by atoms with van der Waals surface area (Å²) in [5.74, 6) is 0.206. The zero-order chi connectivity index (χ0) is 14.0. The molecule has 0 N–H and O–H groups in total. The fourth-order valence-corrected chi connectivity index (χ4v) is 3.30. The van der Waals surface area contributed by atoms with Crippen molar-refractivity contribution in [2.45, 2.75) is 26.2 Å². The van der Waals surface area contributed by atoms with Crippen molar-refractivity contribution in [1.29, 1.82) is 0 Å². The molecule has 1 aromatic rings. The summed E-state index contributed by atoms with van der Waals surface area (Å²) in [6.07, 6.45) is 2.87. The van der Waals surface area contributed by atoms with Crippen molar-refractivity contribution in [3.05, 3.63) is 33.8 Å². The Kier molecular flexibility index (Phi) is 4.54. The second-order valence-electron chi connectivity index (χ2n) is 5.48. The number of ketones is 1. The van der Waals surface area contributed by atoms with Crippen LogP contribution in [0.1, 0.15) is 36.5 Å². The molecular weight excluding hydrogens is 281 g/mol. The molecule has 0 unspecified atom stereocenters. The first-order valence-corrected chi connectivity index (χ1v) is 7.42. The summed E-state index contributed by atoms with van der Waals surface area (Å²) in [6.45, 7) is 3.94. The van der Waals surface area contributed by atoms with Gasteiger partial charge in [-0.05, 0) is 44.6 Å². The number of benzene rings is 1. The Balaban J connectivity index is 2.32. The highest BCUT2D eigenvalue weighted by atomic mass is 35.5.